The van der Waals surface area contributed by atoms with Gasteiger partial charge in [0.1, 0.15) is 6.04 Å². The Morgan fingerprint density at radius 2 is 1.50 bits per heavy atom. The molecule has 0 aliphatic carbocycles. The first kappa shape index (κ1) is 14.9. The van der Waals surface area contributed by atoms with Gasteiger partial charge in [-0.05, 0) is 24.0 Å². The first-order chi connectivity index (χ1) is 10.7. The summed E-state index contributed by atoms with van der Waals surface area (Å²) in [6, 6.07) is 19.2. The number of carbonyl (C=O) groups excluding carboxylic acids is 1. The largest absolute Gasteiger partial charge is 0.385 e. The van der Waals surface area contributed by atoms with Gasteiger partial charge in [0.05, 0.1) is 5.60 Å². The van der Waals surface area contributed by atoms with Crippen LogP contribution in [0.25, 0.3) is 0 Å². The van der Waals surface area contributed by atoms with Gasteiger partial charge in [-0.3, -0.25) is 9.69 Å². The Morgan fingerprint density at radius 1 is 0.955 bits per heavy atom. The summed E-state index contributed by atoms with van der Waals surface area (Å²) in [6.07, 6.45) is 3.40. The van der Waals surface area contributed by atoms with E-state index in [1.54, 1.807) is 0 Å². The molecule has 1 heterocycles. The molecule has 1 aliphatic heterocycles. The summed E-state index contributed by atoms with van der Waals surface area (Å²) in [5.74, 6) is 0. The van der Waals surface area contributed by atoms with Crippen molar-refractivity contribution in [2.75, 3.05) is 13.1 Å². The molecule has 1 radical (unpaired) electrons. The third-order valence-corrected chi connectivity index (χ3v) is 4.53. The quantitative estimate of drug-likeness (QED) is 0.942. The van der Waals surface area contributed by atoms with Crippen LogP contribution in [0.15, 0.2) is 60.7 Å². The molecule has 1 fully saturated rings. The molecule has 2 aromatic carbocycles. The topological polar surface area (TPSA) is 40.5 Å². The molecule has 0 spiro atoms. The van der Waals surface area contributed by atoms with Crippen LogP contribution in [0.5, 0.6) is 0 Å². The van der Waals surface area contributed by atoms with E-state index in [1.807, 2.05) is 60.7 Å². The third-order valence-electron chi connectivity index (χ3n) is 4.53. The molecule has 3 heteroatoms. The predicted octanol–water partition coefficient (Wildman–Crippen LogP) is 2.82. The smallest absolute Gasteiger partial charge is 0.222 e. The number of hydrogen-bond acceptors (Lipinski definition) is 3. The van der Waals surface area contributed by atoms with Crippen molar-refractivity contribution < 1.29 is 9.90 Å². The van der Waals surface area contributed by atoms with Crippen molar-refractivity contribution in [1.29, 1.82) is 0 Å². The number of benzene rings is 2. The summed E-state index contributed by atoms with van der Waals surface area (Å²) in [6.45, 7) is 1.36. The average molecular weight is 294 g/mol. The number of likely N-dealkylation sites (tertiary alicyclic amines) is 1. The molecule has 0 amide bonds. The summed E-state index contributed by atoms with van der Waals surface area (Å²) in [7, 11) is 0. The maximum Gasteiger partial charge on any atom is 0.222 e. The summed E-state index contributed by atoms with van der Waals surface area (Å²) in [4.78, 5) is 13.5. The van der Waals surface area contributed by atoms with Gasteiger partial charge in [-0.1, -0.05) is 60.7 Å². The first-order valence-corrected chi connectivity index (χ1v) is 7.67. The lowest BCUT2D eigenvalue weighted by atomic mass is 9.84. The van der Waals surface area contributed by atoms with E-state index in [0.717, 1.165) is 11.1 Å². The van der Waals surface area contributed by atoms with Crippen molar-refractivity contribution in [1.82, 2.24) is 4.90 Å². The Hall–Kier alpha value is -1.97. The second-order valence-electron chi connectivity index (χ2n) is 5.86. The van der Waals surface area contributed by atoms with E-state index in [4.69, 9.17) is 0 Å². The summed E-state index contributed by atoms with van der Waals surface area (Å²) < 4.78 is 0. The summed E-state index contributed by atoms with van der Waals surface area (Å²) in [5.41, 5.74) is 1.13. The molecule has 0 saturated carbocycles. The van der Waals surface area contributed by atoms with Crippen molar-refractivity contribution in [3.05, 3.63) is 71.8 Å². The van der Waals surface area contributed by atoms with Gasteiger partial charge in [-0.15, -0.1) is 0 Å². The number of nitrogens with zero attached hydrogens (tertiary/aromatic N) is 1. The molecule has 3 rings (SSSR count). The second kappa shape index (κ2) is 6.42. The zero-order valence-electron chi connectivity index (χ0n) is 12.5. The SMILES string of the molecule is O=[C][C@@H](c1ccccc1)N1CCC(O)(c2ccccc2)CC1. The van der Waals surface area contributed by atoms with Crippen LogP contribution in [-0.2, 0) is 10.4 Å². The molecular formula is C19H20NO2. The number of hydrogen-bond donors (Lipinski definition) is 1. The van der Waals surface area contributed by atoms with Gasteiger partial charge in [-0.2, -0.15) is 0 Å². The minimum absolute atomic E-state index is 0.346. The van der Waals surface area contributed by atoms with Gasteiger partial charge in [0.15, 0.2) is 0 Å². The van der Waals surface area contributed by atoms with Crippen LogP contribution in [0.3, 0.4) is 0 Å². The van der Waals surface area contributed by atoms with Gasteiger partial charge >= 0.3 is 0 Å². The molecule has 0 aromatic heterocycles. The van der Waals surface area contributed by atoms with E-state index < -0.39 is 5.60 Å². The van der Waals surface area contributed by atoms with Crippen molar-refractivity contribution in [2.24, 2.45) is 0 Å². The Bertz CT molecular complexity index is 604. The van der Waals surface area contributed by atoms with E-state index in [1.165, 1.54) is 0 Å². The molecule has 0 bridgehead atoms. The highest BCUT2D eigenvalue weighted by Gasteiger charge is 2.36. The Labute approximate surface area is 131 Å². The number of piperidine rings is 1. The fourth-order valence-corrected chi connectivity index (χ4v) is 3.18. The summed E-state index contributed by atoms with van der Waals surface area (Å²) in [5, 5.41) is 10.9. The van der Waals surface area contributed by atoms with Crippen LogP contribution in [0.2, 0.25) is 0 Å². The van der Waals surface area contributed by atoms with Crippen molar-refractivity contribution in [3.63, 3.8) is 0 Å². The molecule has 2 aromatic rings. The second-order valence-corrected chi connectivity index (χ2v) is 5.86. The molecule has 22 heavy (non-hydrogen) atoms. The van der Waals surface area contributed by atoms with E-state index in [-0.39, 0.29) is 6.04 Å². The maximum atomic E-state index is 11.4. The Morgan fingerprint density at radius 3 is 2.05 bits per heavy atom. The predicted molar refractivity (Wildman–Crippen MR) is 86.0 cm³/mol. The lowest BCUT2D eigenvalue weighted by molar-refractivity contribution is -0.0304. The fourth-order valence-electron chi connectivity index (χ4n) is 3.18. The van der Waals surface area contributed by atoms with Gasteiger partial charge in [0.25, 0.3) is 0 Å². The van der Waals surface area contributed by atoms with Crippen LogP contribution in [0.4, 0.5) is 0 Å². The average Bonchev–Trinajstić information content (AvgIpc) is 2.59. The minimum atomic E-state index is -0.790. The molecule has 1 aliphatic rings. The lowest BCUT2D eigenvalue weighted by Gasteiger charge is -2.40. The van der Waals surface area contributed by atoms with Gasteiger partial charge in [0.2, 0.25) is 6.29 Å². The third kappa shape index (κ3) is 2.96. The van der Waals surface area contributed by atoms with Crippen LogP contribution in [0, 0.1) is 0 Å². The van der Waals surface area contributed by atoms with Crippen molar-refractivity contribution >= 4 is 6.29 Å². The number of rotatable bonds is 4. The van der Waals surface area contributed by atoms with Crippen LogP contribution < -0.4 is 0 Å². The zero-order valence-corrected chi connectivity index (χ0v) is 12.5. The Kier molecular flexibility index (Phi) is 4.36. The van der Waals surface area contributed by atoms with E-state index >= 15 is 0 Å². The molecule has 113 valence electrons. The van der Waals surface area contributed by atoms with Crippen LogP contribution in [0.1, 0.15) is 30.0 Å². The summed E-state index contributed by atoms with van der Waals surface area (Å²) >= 11 is 0. The molecule has 3 nitrogen and oxygen atoms in total. The standard InChI is InChI=1S/C19H20NO2/c21-15-18(16-7-3-1-4-8-16)20-13-11-19(22,12-14-20)17-9-5-2-6-10-17/h1-10,18,22H,11-14H2/t18-/m0/s1. The highest BCUT2D eigenvalue weighted by atomic mass is 16.3. The maximum absolute atomic E-state index is 11.4. The van der Waals surface area contributed by atoms with Crippen molar-refractivity contribution in [3.8, 4) is 0 Å². The normalized spacial score (nSPS) is 19.5. The fraction of sp³-hybridized carbons (Fsp3) is 0.316. The molecule has 1 atom stereocenters. The van der Waals surface area contributed by atoms with E-state index in [9.17, 15) is 9.90 Å². The van der Waals surface area contributed by atoms with Gasteiger partial charge in [-0.25, -0.2) is 0 Å². The highest BCUT2D eigenvalue weighted by molar-refractivity contribution is 5.62. The monoisotopic (exact) mass is 294 g/mol. The van der Waals surface area contributed by atoms with Gasteiger partial charge in [0, 0.05) is 13.1 Å². The van der Waals surface area contributed by atoms with E-state index in [0.29, 0.717) is 25.9 Å². The molecule has 1 N–H and O–H groups in total. The van der Waals surface area contributed by atoms with Crippen LogP contribution >= 0.6 is 0 Å². The molecular weight excluding hydrogens is 274 g/mol. The Balaban J connectivity index is 1.72. The zero-order chi connectivity index (χ0) is 15.4. The minimum Gasteiger partial charge on any atom is -0.385 e. The van der Waals surface area contributed by atoms with Crippen LogP contribution in [-0.4, -0.2) is 29.4 Å². The van der Waals surface area contributed by atoms with E-state index in [2.05, 4.69) is 11.2 Å². The first-order valence-electron chi connectivity index (χ1n) is 7.67. The van der Waals surface area contributed by atoms with Crippen molar-refractivity contribution in [2.45, 2.75) is 24.5 Å². The molecule has 0 unspecified atom stereocenters. The number of aliphatic hydroxyl groups is 1. The highest BCUT2D eigenvalue weighted by Crippen LogP contribution is 2.35. The molecule has 1 saturated heterocycles. The van der Waals surface area contributed by atoms with Gasteiger partial charge < -0.3 is 5.11 Å². The lowest BCUT2D eigenvalue weighted by Crippen LogP contribution is -2.44.